The van der Waals surface area contributed by atoms with Crippen molar-refractivity contribution >= 4 is 29.3 Å². The minimum Gasteiger partial charge on any atom is -0.454 e. The van der Waals surface area contributed by atoms with Gasteiger partial charge in [-0.05, 0) is 31.2 Å². The number of aryl methyl sites for hydroxylation is 1. The lowest BCUT2D eigenvalue weighted by atomic mass is 10.1. The van der Waals surface area contributed by atoms with Crippen molar-refractivity contribution in [1.29, 1.82) is 0 Å². The summed E-state index contributed by atoms with van der Waals surface area (Å²) < 4.78 is 10.4. The van der Waals surface area contributed by atoms with E-state index >= 15 is 0 Å². The number of amides is 2. The van der Waals surface area contributed by atoms with Crippen LogP contribution in [0.2, 0.25) is 0 Å². The zero-order valence-corrected chi connectivity index (χ0v) is 15.9. The van der Waals surface area contributed by atoms with Gasteiger partial charge >= 0.3 is 0 Å². The van der Waals surface area contributed by atoms with Crippen molar-refractivity contribution in [3.05, 3.63) is 63.7 Å². The molecule has 2 amide bonds. The van der Waals surface area contributed by atoms with E-state index in [9.17, 15) is 19.7 Å². The number of nitro groups is 1. The number of hydrogen-bond acceptors (Lipinski definition) is 6. The molecule has 1 aliphatic heterocycles. The van der Waals surface area contributed by atoms with Crippen LogP contribution in [0.4, 0.5) is 11.4 Å². The van der Waals surface area contributed by atoms with E-state index in [4.69, 9.17) is 9.47 Å². The van der Waals surface area contributed by atoms with E-state index in [1.54, 1.807) is 12.1 Å². The summed E-state index contributed by atoms with van der Waals surface area (Å²) in [5.74, 6) is -0.179. The first-order chi connectivity index (χ1) is 13.8. The lowest BCUT2D eigenvalue weighted by Gasteiger charge is -2.15. The molecule has 0 saturated heterocycles. The van der Waals surface area contributed by atoms with Crippen LogP contribution in [0.3, 0.4) is 0 Å². The van der Waals surface area contributed by atoms with E-state index in [1.807, 2.05) is 19.1 Å². The van der Waals surface area contributed by atoms with Crippen LogP contribution < -0.4 is 14.8 Å². The molecule has 9 heteroatoms. The second kappa shape index (κ2) is 8.42. The maximum absolute atomic E-state index is 12.3. The summed E-state index contributed by atoms with van der Waals surface area (Å²) in [6.07, 6.45) is 2.49. The lowest BCUT2D eigenvalue weighted by Crippen LogP contribution is -2.33. The first kappa shape index (κ1) is 19.9. The molecule has 0 saturated carbocycles. The lowest BCUT2D eigenvalue weighted by molar-refractivity contribution is -0.385. The largest absolute Gasteiger partial charge is 0.454 e. The van der Waals surface area contributed by atoms with Crippen molar-refractivity contribution in [2.24, 2.45) is 0 Å². The number of nitrogens with zero attached hydrogens (tertiary/aromatic N) is 2. The summed E-state index contributed by atoms with van der Waals surface area (Å²) in [6.45, 7) is 1.76. The normalized spacial score (nSPS) is 12.1. The van der Waals surface area contributed by atoms with Gasteiger partial charge in [-0.2, -0.15) is 0 Å². The van der Waals surface area contributed by atoms with Crippen LogP contribution in [-0.2, 0) is 9.59 Å². The summed E-state index contributed by atoms with van der Waals surface area (Å²) >= 11 is 0. The van der Waals surface area contributed by atoms with Crippen molar-refractivity contribution in [3.63, 3.8) is 0 Å². The van der Waals surface area contributed by atoms with Gasteiger partial charge in [-0.3, -0.25) is 19.7 Å². The number of hydrogen-bond donors (Lipinski definition) is 1. The fourth-order valence-electron chi connectivity index (χ4n) is 2.66. The van der Waals surface area contributed by atoms with Gasteiger partial charge < -0.3 is 19.7 Å². The number of ether oxygens (including phenoxy) is 2. The molecule has 150 valence electrons. The summed E-state index contributed by atoms with van der Waals surface area (Å²) in [5.41, 5.74) is 1.69. The highest BCUT2D eigenvalue weighted by Crippen LogP contribution is 2.38. The van der Waals surface area contributed by atoms with E-state index in [0.717, 1.165) is 5.56 Å². The molecule has 1 N–H and O–H groups in total. The van der Waals surface area contributed by atoms with Gasteiger partial charge in [0.05, 0.1) is 23.1 Å². The number of rotatable bonds is 6. The van der Waals surface area contributed by atoms with Crippen LogP contribution in [0.1, 0.15) is 11.1 Å². The third-order valence-electron chi connectivity index (χ3n) is 4.22. The molecule has 1 aliphatic rings. The number of carbonyl (C=O) groups excluding carboxylic acids is 2. The Morgan fingerprint density at radius 2 is 1.86 bits per heavy atom. The van der Waals surface area contributed by atoms with Gasteiger partial charge in [0.2, 0.25) is 18.6 Å². The van der Waals surface area contributed by atoms with Gasteiger partial charge in [-0.25, -0.2) is 0 Å². The predicted octanol–water partition coefficient (Wildman–Crippen LogP) is 2.74. The number of carbonyl (C=O) groups is 2. The Kier molecular flexibility index (Phi) is 5.77. The van der Waals surface area contributed by atoms with Crippen molar-refractivity contribution in [1.82, 2.24) is 4.90 Å². The first-order valence-corrected chi connectivity index (χ1v) is 8.71. The molecule has 0 atom stereocenters. The van der Waals surface area contributed by atoms with E-state index in [2.05, 4.69) is 5.32 Å². The maximum atomic E-state index is 12.3. The van der Waals surface area contributed by atoms with E-state index in [-0.39, 0.29) is 36.2 Å². The van der Waals surface area contributed by atoms with Crippen LogP contribution in [0, 0.1) is 17.0 Å². The van der Waals surface area contributed by atoms with Gasteiger partial charge in [0.1, 0.15) is 0 Å². The minimum absolute atomic E-state index is 0.0165. The molecule has 0 fully saturated rings. The number of nitro benzene ring substituents is 1. The number of anilines is 1. The third kappa shape index (κ3) is 4.89. The fourth-order valence-corrected chi connectivity index (χ4v) is 2.66. The molecule has 0 bridgehead atoms. The van der Waals surface area contributed by atoms with Gasteiger partial charge in [-0.1, -0.05) is 17.7 Å². The predicted molar refractivity (Wildman–Crippen MR) is 106 cm³/mol. The Morgan fingerprint density at radius 1 is 1.21 bits per heavy atom. The van der Waals surface area contributed by atoms with E-state index in [0.29, 0.717) is 11.4 Å². The number of benzene rings is 2. The molecule has 0 aliphatic carbocycles. The number of nitrogens with one attached hydrogen (secondary N) is 1. The molecule has 2 aromatic carbocycles. The molecule has 0 unspecified atom stereocenters. The first-order valence-electron chi connectivity index (χ1n) is 8.71. The third-order valence-corrected chi connectivity index (χ3v) is 4.22. The average molecular weight is 397 g/mol. The maximum Gasteiger partial charge on any atom is 0.280 e. The van der Waals surface area contributed by atoms with Crippen LogP contribution in [0.5, 0.6) is 11.5 Å². The SMILES string of the molecule is Cc1ccc(NC(=O)CN(C)C(=O)/C=C/c2cc3c(cc2[N+](=O)[O-])OCO3)cc1. The Bertz CT molecular complexity index is 984. The Balaban J connectivity index is 1.65. The van der Waals surface area contributed by atoms with Crippen molar-refractivity contribution in [3.8, 4) is 11.5 Å². The second-order valence-corrected chi connectivity index (χ2v) is 6.46. The Hall–Kier alpha value is -3.88. The van der Waals surface area contributed by atoms with Gasteiger partial charge in [0.25, 0.3) is 5.69 Å². The topological polar surface area (TPSA) is 111 Å². The minimum atomic E-state index is -0.565. The summed E-state index contributed by atoms with van der Waals surface area (Å²) in [4.78, 5) is 36.3. The summed E-state index contributed by atoms with van der Waals surface area (Å²) in [7, 11) is 1.47. The highest BCUT2D eigenvalue weighted by molar-refractivity contribution is 5.98. The number of likely N-dealkylation sites (N-methyl/N-ethyl adjacent to an activating group) is 1. The molecule has 0 radical (unpaired) electrons. The molecular weight excluding hydrogens is 378 g/mol. The smallest absolute Gasteiger partial charge is 0.280 e. The van der Waals surface area contributed by atoms with Crippen molar-refractivity contribution in [2.75, 3.05) is 25.7 Å². The van der Waals surface area contributed by atoms with Crippen molar-refractivity contribution in [2.45, 2.75) is 6.92 Å². The Labute approximate surface area is 166 Å². The molecule has 2 aromatic rings. The fraction of sp³-hybridized carbons (Fsp3) is 0.200. The molecular formula is C20H19N3O6. The van der Waals surface area contributed by atoms with Crippen molar-refractivity contribution < 1.29 is 24.0 Å². The highest BCUT2D eigenvalue weighted by atomic mass is 16.7. The summed E-state index contributed by atoms with van der Waals surface area (Å²) in [6, 6.07) is 9.97. The monoisotopic (exact) mass is 397 g/mol. The average Bonchev–Trinajstić information content (AvgIpc) is 3.14. The quantitative estimate of drug-likeness (QED) is 0.456. The Morgan fingerprint density at radius 3 is 2.52 bits per heavy atom. The zero-order chi connectivity index (χ0) is 21.0. The standard InChI is InChI=1S/C20H19N3O6/c1-13-3-6-15(7-4-13)21-19(24)11-22(2)20(25)8-5-14-9-17-18(29-12-28-17)10-16(14)23(26)27/h3-10H,11-12H2,1-2H3,(H,21,24)/b8-5+. The molecule has 0 aromatic heterocycles. The van der Waals surface area contributed by atoms with E-state index in [1.165, 1.54) is 36.2 Å². The van der Waals surface area contributed by atoms with Gasteiger partial charge in [0.15, 0.2) is 11.5 Å². The molecule has 0 spiro atoms. The van der Waals surface area contributed by atoms with Crippen LogP contribution in [0.25, 0.3) is 6.08 Å². The van der Waals surface area contributed by atoms with Crippen LogP contribution >= 0.6 is 0 Å². The molecule has 1 heterocycles. The van der Waals surface area contributed by atoms with Crippen LogP contribution in [-0.4, -0.2) is 42.0 Å². The molecule has 9 nitrogen and oxygen atoms in total. The second-order valence-electron chi connectivity index (χ2n) is 6.46. The van der Waals surface area contributed by atoms with E-state index < -0.39 is 10.8 Å². The zero-order valence-electron chi connectivity index (χ0n) is 15.9. The summed E-state index contributed by atoms with van der Waals surface area (Å²) in [5, 5.41) is 14.0. The number of fused-ring (bicyclic) bond motifs is 1. The van der Waals surface area contributed by atoms with Gasteiger partial charge in [0, 0.05) is 18.8 Å². The molecule has 3 rings (SSSR count). The van der Waals surface area contributed by atoms with Gasteiger partial charge in [-0.15, -0.1) is 0 Å². The van der Waals surface area contributed by atoms with Crippen LogP contribution in [0.15, 0.2) is 42.5 Å². The highest BCUT2D eigenvalue weighted by Gasteiger charge is 2.22. The molecule has 29 heavy (non-hydrogen) atoms.